The van der Waals surface area contributed by atoms with Gasteiger partial charge in [0.2, 0.25) is 5.75 Å². The summed E-state index contributed by atoms with van der Waals surface area (Å²) in [5.41, 5.74) is 1.26. The first-order chi connectivity index (χ1) is 16.5. The molecule has 0 fully saturated rings. The van der Waals surface area contributed by atoms with Crippen LogP contribution in [0.1, 0.15) is 31.1 Å². The number of methoxy groups -OCH3 is 3. The number of benzene rings is 2. The van der Waals surface area contributed by atoms with E-state index in [1.54, 1.807) is 17.0 Å². The Morgan fingerprint density at radius 1 is 0.943 bits per heavy atom. The fourth-order valence-electron chi connectivity index (χ4n) is 3.69. The summed E-state index contributed by atoms with van der Waals surface area (Å²) in [5.74, 6) is 1.91. The van der Waals surface area contributed by atoms with Crippen LogP contribution in [0.2, 0.25) is 0 Å². The number of rotatable bonds is 12. The summed E-state index contributed by atoms with van der Waals surface area (Å²) in [5, 5.41) is 0.634. The van der Waals surface area contributed by atoms with Crippen LogP contribution in [0.4, 0.5) is 5.13 Å². The Labute approximate surface area is 217 Å². The van der Waals surface area contributed by atoms with E-state index < -0.39 is 0 Å². The molecule has 0 aliphatic heterocycles. The molecule has 10 heteroatoms. The number of nitrogens with zero attached hydrogens (tertiary/aromatic N) is 3. The number of likely N-dealkylation sites (N-methyl/N-ethyl adjacent to an activating group) is 1. The van der Waals surface area contributed by atoms with Crippen molar-refractivity contribution < 1.29 is 23.7 Å². The topological polar surface area (TPSA) is 73.4 Å². The van der Waals surface area contributed by atoms with Crippen LogP contribution in [0, 0.1) is 0 Å². The summed E-state index contributed by atoms with van der Waals surface area (Å²) in [7, 11) is 4.61. The number of ether oxygens (including phenoxy) is 4. The first-order valence-electron chi connectivity index (χ1n) is 11.4. The van der Waals surface area contributed by atoms with Crippen LogP contribution < -0.4 is 23.8 Å². The maximum atomic E-state index is 13.8. The third-order valence-electron chi connectivity index (χ3n) is 5.58. The van der Waals surface area contributed by atoms with Gasteiger partial charge < -0.3 is 23.8 Å². The third-order valence-corrected chi connectivity index (χ3v) is 6.62. The van der Waals surface area contributed by atoms with Gasteiger partial charge in [-0.25, -0.2) is 4.98 Å². The normalized spacial score (nSPS) is 10.7. The van der Waals surface area contributed by atoms with Gasteiger partial charge >= 0.3 is 0 Å². The van der Waals surface area contributed by atoms with Gasteiger partial charge in [-0.3, -0.25) is 9.69 Å². The molecule has 0 unspecified atom stereocenters. The smallest absolute Gasteiger partial charge is 0.260 e. The van der Waals surface area contributed by atoms with Gasteiger partial charge in [0.15, 0.2) is 16.6 Å². The van der Waals surface area contributed by atoms with Crippen molar-refractivity contribution in [2.75, 3.05) is 59.0 Å². The second kappa shape index (κ2) is 13.4. The van der Waals surface area contributed by atoms with E-state index in [1.807, 2.05) is 25.1 Å². The average molecular weight is 524 g/mol. The Morgan fingerprint density at radius 2 is 1.60 bits per heavy atom. The van der Waals surface area contributed by atoms with Gasteiger partial charge in [-0.1, -0.05) is 25.2 Å². The molecule has 35 heavy (non-hydrogen) atoms. The zero-order valence-corrected chi connectivity index (χ0v) is 22.8. The zero-order chi connectivity index (χ0) is 24.7. The Morgan fingerprint density at radius 3 is 2.14 bits per heavy atom. The number of fused-ring (bicyclic) bond motifs is 1. The van der Waals surface area contributed by atoms with Crippen LogP contribution in [-0.4, -0.2) is 69.9 Å². The number of carbonyl (C=O) groups is 1. The van der Waals surface area contributed by atoms with Gasteiger partial charge in [-0.05, 0) is 50.3 Å². The van der Waals surface area contributed by atoms with Crippen LogP contribution in [0.25, 0.3) is 10.2 Å². The van der Waals surface area contributed by atoms with E-state index in [1.165, 1.54) is 32.7 Å². The lowest BCUT2D eigenvalue weighted by Crippen LogP contribution is -2.38. The summed E-state index contributed by atoms with van der Waals surface area (Å²) in [6.07, 6.45) is 0. The summed E-state index contributed by atoms with van der Waals surface area (Å²) >= 11 is 1.47. The van der Waals surface area contributed by atoms with Gasteiger partial charge in [-0.15, -0.1) is 12.4 Å². The van der Waals surface area contributed by atoms with Gasteiger partial charge in [0.1, 0.15) is 5.75 Å². The molecule has 0 aliphatic carbocycles. The van der Waals surface area contributed by atoms with Crippen LogP contribution in [0.5, 0.6) is 23.0 Å². The largest absolute Gasteiger partial charge is 0.494 e. The van der Waals surface area contributed by atoms with E-state index in [2.05, 4.69) is 18.7 Å². The summed E-state index contributed by atoms with van der Waals surface area (Å²) in [4.78, 5) is 22.6. The third kappa shape index (κ3) is 6.48. The number of hydrogen-bond donors (Lipinski definition) is 0. The molecule has 0 bridgehead atoms. The maximum Gasteiger partial charge on any atom is 0.260 e. The van der Waals surface area contributed by atoms with Crippen LogP contribution in [-0.2, 0) is 0 Å². The van der Waals surface area contributed by atoms with E-state index in [9.17, 15) is 4.79 Å². The van der Waals surface area contributed by atoms with Crippen molar-refractivity contribution in [2.24, 2.45) is 0 Å². The molecule has 3 aromatic rings. The lowest BCUT2D eigenvalue weighted by Gasteiger charge is -2.25. The summed E-state index contributed by atoms with van der Waals surface area (Å²) in [6, 6.07) is 9.14. The minimum absolute atomic E-state index is 0. The van der Waals surface area contributed by atoms with Crippen molar-refractivity contribution in [3.63, 3.8) is 0 Å². The van der Waals surface area contributed by atoms with E-state index in [0.29, 0.717) is 41.1 Å². The van der Waals surface area contributed by atoms with E-state index in [0.717, 1.165) is 35.6 Å². The maximum absolute atomic E-state index is 13.8. The van der Waals surface area contributed by atoms with Crippen LogP contribution in [0.15, 0.2) is 30.3 Å². The van der Waals surface area contributed by atoms with E-state index in [4.69, 9.17) is 23.9 Å². The Balaban J connectivity index is 0.00000432. The first-order valence-corrected chi connectivity index (χ1v) is 12.2. The Bertz CT molecular complexity index is 1090. The van der Waals surface area contributed by atoms with Crippen molar-refractivity contribution in [1.82, 2.24) is 9.88 Å². The van der Waals surface area contributed by atoms with Gasteiger partial charge in [-0.2, -0.15) is 0 Å². The second-order valence-corrected chi connectivity index (χ2v) is 8.47. The molecule has 0 atom stereocenters. The molecule has 3 rings (SSSR count). The standard InChI is InChI=1S/C25H33N3O5S.ClH/c1-7-27(8-2)12-13-28(25-26-19-11-10-18(33-9-3)16-22(19)34-25)24(29)17-14-20(30-4)23(32-6)21(15-17)31-5;/h10-11,14-16H,7-9,12-13H2,1-6H3;1H. The molecule has 0 N–H and O–H groups in total. The second-order valence-electron chi connectivity index (χ2n) is 7.46. The lowest BCUT2D eigenvalue weighted by molar-refractivity contribution is 0.0983. The molecule has 0 aliphatic rings. The minimum atomic E-state index is -0.185. The van der Waals surface area contributed by atoms with Crippen molar-refractivity contribution in [2.45, 2.75) is 20.8 Å². The summed E-state index contributed by atoms with van der Waals surface area (Å²) in [6.45, 7) is 9.79. The van der Waals surface area contributed by atoms with Crippen molar-refractivity contribution in [1.29, 1.82) is 0 Å². The molecule has 8 nitrogen and oxygen atoms in total. The van der Waals surface area contributed by atoms with E-state index in [-0.39, 0.29) is 18.3 Å². The van der Waals surface area contributed by atoms with Crippen LogP contribution >= 0.6 is 23.7 Å². The predicted molar refractivity (Wildman–Crippen MR) is 144 cm³/mol. The van der Waals surface area contributed by atoms with Crippen molar-refractivity contribution in [3.05, 3.63) is 35.9 Å². The first kappa shape index (κ1) is 28.5. The highest BCUT2D eigenvalue weighted by Crippen LogP contribution is 2.39. The molecule has 1 aromatic heterocycles. The van der Waals surface area contributed by atoms with Gasteiger partial charge in [0, 0.05) is 18.7 Å². The quantitative estimate of drug-likeness (QED) is 0.326. The minimum Gasteiger partial charge on any atom is -0.494 e. The number of hydrogen-bond acceptors (Lipinski definition) is 8. The molecule has 0 saturated heterocycles. The number of anilines is 1. The van der Waals surface area contributed by atoms with Gasteiger partial charge in [0.25, 0.3) is 5.91 Å². The molecule has 2 aromatic carbocycles. The van der Waals surface area contributed by atoms with E-state index >= 15 is 0 Å². The fraction of sp³-hybridized carbons (Fsp3) is 0.440. The molecular formula is C25H34ClN3O5S. The highest BCUT2D eigenvalue weighted by Gasteiger charge is 2.25. The number of halogens is 1. The number of carbonyl (C=O) groups excluding carboxylic acids is 1. The predicted octanol–water partition coefficient (Wildman–Crippen LogP) is 5.13. The molecule has 0 spiro atoms. The summed E-state index contributed by atoms with van der Waals surface area (Å²) < 4.78 is 22.9. The van der Waals surface area contributed by atoms with Crippen molar-refractivity contribution in [3.8, 4) is 23.0 Å². The Kier molecular flexibility index (Phi) is 10.9. The average Bonchev–Trinajstić information content (AvgIpc) is 3.28. The van der Waals surface area contributed by atoms with Gasteiger partial charge in [0.05, 0.1) is 38.2 Å². The molecule has 1 amide bonds. The molecular weight excluding hydrogens is 490 g/mol. The van der Waals surface area contributed by atoms with Crippen LogP contribution in [0.3, 0.4) is 0 Å². The fourth-order valence-corrected chi connectivity index (χ4v) is 4.71. The number of aromatic nitrogens is 1. The van der Waals surface area contributed by atoms with Crippen molar-refractivity contribution >= 4 is 45.0 Å². The molecule has 0 radical (unpaired) electrons. The highest BCUT2D eigenvalue weighted by molar-refractivity contribution is 7.22. The zero-order valence-electron chi connectivity index (χ0n) is 21.1. The highest BCUT2D eigenvalue weighted by atomic mass is 35.5. The Hall–Kier alpha value is -2.75. The number of amides is 1. The molecule has 192 valence electrons. The monoisotopic (exact) mass is 523 g/mol. The molecule has 1 heterocycles. The molecule has 0 saturated carbocycles. The SMILES string of the molecule is CCOc1ccc2nc(N(CCN(CC)CC)C(=O)c3cc(OC)c(OC)c(OC)c3)sc2c1.Cl. The number of thiazole rings is 1. The lowest BCUT2D eigenvalue weighted by atomic mass is 10.1.